The molecule has 1 aliphatic rings. The minimum Gasteiger partial charge on any atom is -0.317 e. The lowest BCUT2D eigenvalue weighted by atomic mass is 10.1. The van der Waals surface area contributed by atoms with Gasteiger partial charge in [-0.05, 0) is 63.0 Å². The van der Waals surface area contributed by atoms with Crippen LogP contribution in [-0.2, 0) is 0 Å². The Kier molecular flexibility index (Phi) is 4.02. The summed E-state index contributed by atoms with van der Waals surface area (Å²) in [6.45, 7) is 6.05. The van der Waals surface area contributed by atoms with Gasteiger partial charge in [-0.1, -0.05) is 12.1 Å². The first kappa shape index (κ1) is 17.1. The van der Waals surface area contributed by atoms with Crippen molar-refractivity contribution in [2.75, 3.05) is 13.1 Å². The van der Waals surface area contributed by atoms with Crippen LogP contribution in [0.1, 0.15) is 30.0 Å². The van der Waals surface area contributed by atoms with Gasteiger partial charge in [0.1, 0.15) is 5.65 Å². The van der Waals surface area contributed by atoms with Crippen molar-refractivity contribution in [3.8, 4) is 11.3 Å². The predicted octanol–water partition coefficient (Wildman–Crippen LogP) is 3.25. The molecule has 142 valence electrons. The van der Waals surface area contributed by atoms with Gasteiger partial charge in [0.15, 0.2) is 0 Å². The summed E-state index contributed by atoms with van der Waals surface area (Å²) in [5.41, 5.74) is 5.93. The second-order valence-corrected chi connectivity index (χ2v) is 7.73. The van der Waals surface area contributed by atoms with E-state index in [0.29, 0.717) is 5.39 Å². The number of fused-ring (bicyclic) bond motifs is 2. The maximum Gasteiger partial charge on any atom is 0.261 e. The van der Waals surface area contributed by atoms with Gasteiger partial charge in [0.05, 0.1) is 22.9 Å². The van der Waals surface area contributed by atoms with Crippen molar-refractivity contribution in [1.82, 2.24) is 24.3 Å². The number of aryl methyl sites for hydroxylation is 2. The summed E-state index contributed by atoms with van der Waals surface area (Å²) >= 11 is 0. The zero-order valence-electron chi connectivity index (χ0n) is 16.1. The largest absolute Gasteiger partial charge is 0.317 e. The van der Waals surface area contributed by atoms with E-state index in [1.807, 2.05) is 24.4 Å². The fourth-order valence-electron chi connectivity index (χ4n) is 4.23. The Morgan fingerprint density at radius 2 is 1.93 bits per heavy atom. The number of aromatic nitrogens is 4. The molecule has 0 radical (unpaired) electrons. The minimum absolute atomic E-state index is 0.0462. The van der Waals surface area contributed by atoms with Crippen LogP contribution in [-0.4, -0.2) is 32.0 Å². The molecule has 0 bridgehead atoms. The van der Waals surface area contributed by atoms with Crippen LogP contribution in [0.25, 0.3) is 27.8 Å². The predicted molar refractivity (Wildman–Crippen MR) is 111 cm³/mol. The highest BCUT2D eigenvalue weighted by Gasteiger charge is 2.17. The van der Waals surface area contributed by atoms with Crippen LogP contribution in [0.5, 0.6) is 0 Å². The van der Waals surface area contributed by atoms with Gasteiger partial charge in [-0.3, -0.25) is 9.36 Å². The van der Waals surface area contributed by atoms with Gasteiger partial charge in [-0.2, -0.15) is 0 Å². The lowest BCUT2D eigenvalue weighted by Gasteiger charge is -2.24. The van der Waals surface area contributed by atoms with Crippen LogP contribution in [0.15, 0.2) is 47.8 Å². The molecule has 0 amide bonds. The zero-order valence-corrected chi connectivity index (χ0v) is 16.1. The topological polar surface area (TPSA) is 64.2 Å². The number of benzene rings is 1. The van der Waals surface area contributed by atoms with E-state index in [2.05, 4.69) is 40.8 Å². The molecule has 0 spiro atoms. The second-order valence-electron chi connectivity index (χ2n) is 7.73. The molecule has 0 unspecified atom stereocenters. The van der Waals surface area contributed by atoms with E-state index in [1.54, 1.807) is 10.9 Å². The molecule has 6 nitrogen and oxygen atoms in total. The molecule has 5 rings (SSSR count). The van der Waals surface area contributed by atoms with Crippen molar-refractivity contribution in [1.29, 1.82) is 0 Å². The Morgan fingerprint density at radius 3 is 2.75 bits per heavy atom. The van der Waals surface area contributed by atoms with Gasteiger partial charge in [0.25, 0.3) is 5.56 Å². The highest BCUT2D eigenvalue weighted by atomic mass is 16.1. The summed E-state index contributed by atoms with van der Waals surface area (Å²) in [5.74, 6) is 0. The van der Waals surface area contributed by atoms with Gasteiger partial charge in [0.2, 0.25) is 0 Å². The van der Waals surface area contributed by atoms with E-state index in [-0.39, 0.29) is 11.6 Å². The highest BCUT2D eigenvalue weighted by Crippen LogP contribution is 2.24. The number of nitrogens with one attached hydrogen (secondary N) is 1. The van der Waals surface area contributed by atoms with Crippen LogP contribution in [0, 0.1) is 13.8 Å². The summed E-state index contributed by atoms with van der Waals surface area (Å²) in [4.78, 5) is 22.4. The second kappa shape index (κ2) is 6.56. The average Bonchev–Trinajstić information content (AvgIpc) is 3.13. The molecular weight excluding hydrogens is 350 g/mol. The Bertz CT molecular complexity index is 1250. The van der Waals surface area contributed by atoms with E-state index >= 15 is 0 Å². The van der Waals surface area contributed by atoms with Crippen molar-refractivity contribution in [2.45, 2.75) is 32.7 Å². The van der Waals surface area contributed by atoms with Crippen LogP contribution >= 0.6 is 0 Å². The summed E-state index contributed by atoms with van der Waals surface area (Å²) in [6.07, 6.45) is 7.75. The van der Waals surface area contributed by atoms with Crippen LogP contribution in [0.3, 0.4) is 0 Å². The first-order valence-electron chi connectivity index (χ1n) is 9.78. The molecule has 0 atom stereocenters. The lowest BCUT2D eigenvalue weighted by molar-refractivity contribution is 0.359. The van der Waals surface area contributed by atoms with Gasteiger partial charge in [0, 0.05) is 24.0 Å². The summed E-state index contributed by atoms with van der Waals surface area (Å²) in [6, 6.07) is 8.20. The Hall–Kier alpha value is -2.99. The SMILES string of the molecule is Cc1cc(C)c2nc(-c3ccc4c(=O)n(C5CCNCC5)cnc4c3)cn2c1. The number of imidazole rings is 1. The number of hydrogen-bond donors (Lipinski definition) is 1. The molecule has 1 aromatic carbocycles. The van der Waals surface area contributed by atoms with Gasteiger partial charge in [-0.25, -0.2) is 9.97 Å². The third-order valence-electron chi connectivity index (χ3n) is 5.65. The number of pyridine rings is 1. The first-order chi connectivity index (χ1) is 13.6. The van der Waals surface area contributed by atoms with Gasteiger partial charge < -0.3 is 9.72 Å². The van der Waals surface area contributed by atoms with E-state index in [1.165, 1.54) is 5.56 Å². The van der Waals surface area contributed by atoms with E-state index in [0.717, 1.165) is 53.9 Å². The van der Waals surface area contributed by atoms with E-state index in [4.69, 9.17) is 4.98 Å². The van der Waals surface area contributed by atoms with Crippen molar-refractivity contribution in [2.24, 2.45) is 0 Å². The van der Waals surface area contributed by atoms with Crippen LogP contribution < -0.4 is 10.9 Å². The standard InChI is InChI=1S/C22H23N5O/c1-14-9-15(2)21-25-20(12-26(21)11-14)16-3-4-18-19(10-16)24-13-27(22(18)28)17-5-7-23-8-6-17/h3-4,9-13,17,23H,5-8H2,1-2H3. The zero-order chi connectivity index (χ0) is 19.3. The molecule has 0 saturated carbocycles. The Balaban J connectivity index is 1.59. The van der Waals surface area contributed by atoms with Crippen LogP contribution in [0.4, 0.5) is 0 Å². The number of rotatable bonds is 2. The number of hydrogen-bond acceptors (Lipinski definition) is 4. The van der Waals surface area contributed by atoms with Gasteiger partial charge >= 0.3 is 0 Å². The highest BCUT2D eigenvalue weighted by molar-refractivity contribution is 5.83. The average molecular weight is 373 g/mol. The van der Waals surface area contributed by atoms with Gasteiger partial charge in [-0.15, -0.1) is 0 Å². The Labute approximate surface area is 162 Å². The number of piperidine rings is 1. The molecule has 1 aliphatic heterocycles. The maximum absolute atomic E-state index is 13.0. The first-order valence-corrected chi connectivity index (χ1v) is 9.78. The summed E-state index contributed by atoms with van der Waals surface area (Å²) in [5, 5.41) is 4.01. The normalized spacial score (nSPS) is 15.5. The van der Waals surface area contributed by atoms with Crippen molar-refractivity contribution in [3.05, 3.63) is 64.5 Å². The summed E-state index contributed by atoms with van der Waals surface area (Å²) < 4.78 is 3.87. The smallest absolute Gasteiger partial charge is 0.261 e. The molecule has 1 saturated heterocycles. The number of nitrogens with zero attached hydrogens (tertiary/aromatic N) is 4. The van der Waals surface area contributed by atoms with Crippen molar-refractivity contribution >= 4 is 16.6 Å². The lowest BCUT2D eigenvalue weighted by Crippen LogP contribution is -2.34. The quantitative estimate of drug-likeness (QED) is 0.586. The maximum atomic E-state index is 13.0. The molecule has 1 N–H and O–H groups in total. The fourth-order valence-corrected chi connectivity index (χ4v) is 4.23. The molecule has 28 heavy (non-hydrogen) atoms. The molecular formula is C22H23N5O. The molecule has 3 aromatic heterocycles. The Morgan fingerprint density at radius 1 is 1.11 bits per heavy atom. The molecule has 4 aromatic rings. The third kappa shape index (κ3) is 2.81. The van der Waals surface area contributed by atoms with Crippen LogP contribution in [0.2, 0.25) is 0 Å². The molecule has 6 heteroatoms. The minimum atomic E-state index is 0.0462. The molecule has 1 fully saturated rings. The molecule has 0 aliphatic carbocycles. The fraction of sp³-hybridized carbons (Fsp3) is 0.318. The molecule has 4 heterocycles. The third-order valence-corrected chi connectivity index (χ3v) is 5.65. The van der Waals surface area contributed by atoms with E-state index in [9.17, 15) is 4.79 Å². The van der Waals surface area contributed by atoms with Crippen molar-refractivity contribution < 1.29 is 0 Å². The summed E-state index contributed by atoms with van der Waals surface area (Å²) in [7, 11) is 0. The van der Waals surface area contributed by atoms with Crippen molar-refractivity contribution in [3.63, 3.8) is 0 Å². The monoisotopic (exact) mass is 373 g/mol. The van der Waals surface area contributed by atoms with E-state index < -0.39 is 0 Å².